The van der Waals surface area contributed by atoms with Crippen LogP contribution in [0.3, 0.4) is 0 Å². The maximum absolute atomic E-state index is 6.93. The molecule has 0 amide bonds. The first-order valence-electron chi connectivity index (χ1n) is 19.4. The van der Waals surface area contributed by atoms with Crippen molar-refractivity contribution in [2.75, 3.05) is 0 Å². The molecule has 0 aliphatic heterocycles. The Morgan fingerprint density at radius 1 is 0.375 bits per heavy atom. The average molecular weight is 708 g/mol. The van der Waals surface area contributed by atoms with Crippen molar-refractivity contribution in [3.63, 3.8) is 0 Å². The van der Waals surface area contributed by atoms with Crippen molar-refractivity contribution in [2.24, 2.45) is 0 Å². The highest BCUT2D eigenvalue weighted by atomic mass is 16.3. The quantitative estimate of drug-likeness (QED) is 0.187. The molecule has 0 aliphatic rings. The first-order valence-corrected chi connectivity index (χ1v) is 19.4. The van der Waals surface area contributed by atoms with E-state index in [1.807, 2.05) is 66.7 Å². The number of fused-ring (bicyclic) bond motifs is 9. The summed E-state index contributed by atoms with van der Waals surface area (Å²) in [6.07, 6.45) is 0. The monoisotopic (exact) mass is 709 g/mol. The Bertz CT molecular complexity index is 3220. The minimum absolute atomic E-state index is 0.611. The van der Waals surface area contributed by atoms with E-state index in [-0.39, 0.29) is 0 Å². The molecule has 0 radical (unpaired) electrons. The summed E-state index contributed by atoms with van der Waals surface area (Å²) in [7, 11) is 15.8. The number of benzene rings is 8. The molecule has 10 rings (SSSR count). The molecule has 0 bridgehead atoms. The fraction of sp³-hybridized carbons (Fsp3) is 0. The molecule has 0 unspecified atom stereocenters. The molecule has 0 fully saturated rings. The Hall–Kier alpha value is -6.20. The Morgan fingerprint density at radius 2 is 0.929 bits per heavy atom. The van der Waals surface area contributed by atoms with E-state index < -0.39 is 0 Å². The summed E-state index contributed by atoms with van der Waals surface area (Å²) in [5, 5.41) is 10.0. The summed E-state index contributed by atoms with van der Waals surface area (Å²) in [5.41, 5.74) is 15.8. The van der Waals surface area contributed by atoms with Crippen molar-refractivity contribution in [3.8, 4) is 45.3 Å². The molecule has 2 heterocycles. The number of hydrogen-bond acceptors (Lipinski definition) is 4. The van der Waals surface area contributed by atoms with E-state index in [9.17, 15) is 0 Å². The molecule has 0 aliphatic carbocycles. The summed E-state index contributed by atoms with van der Waals surface area (Å²) < 4.78 is 6.93. The Kier molecular flexibility index (Phi) is 7.93. The van der Waals surface area contributed by atoms with Gasteiger partial charge in [0.2, 0.25) is 0 Å². The van der Waals surface area contributed by atoms with E-state index in [4.69, 9.17) is 19.4 Å². The van der Waals surface area contributed by atoms with Crippen LogP contribution in [0.2, 0.25) is 0 Å². The molecule has 8 aromatic carbocycles. The highest BCUT2D eigenvalue weighted by Crippen LogP contribution is 2.41. The van der Waals surface area contributed by atoms with Crippen LogP contribution in [0.5, 0.6) is 0 Å². The van der Waals surface area contributed by atoms with E-state index in [1.165, 1.54) is 76.1 Å². The normalized spacial score (nSPS) is 11.7. The van der Waals surface area contributed by atoms with Gasteiger partial charge >= 0.3 is 0 Å². The van der Waals surface area contributed by atoms with Gasteiger partial charge in [0.25, 0.3) is 0 Å². The van der Waals surface area contributed by atoms with Gasteiger partial charge in [-0.3, -0.25) is 0 Å². The number of para-hydroxylation sites is 1. The van der Waals surface area contributed by atoms with Gasteiger partial charge in [-0.05, 0) is 43.9 Å². The summed E-state index contributed by atoms with van der Waals surface area (Å²) in [4.78, 5) is 15.2. The summed E-state index contributed by atoms with van der Waals surface area (Å²) in [6, 6.07) is 42.6. The van der Waals surface area contributed by atoms with Gasteiger partial charge in [0.05, 0.1) is 0 Å². The van der Waals surface area contributed by atoms with Gasteiger partial charge in [0.15, 0.2) is 17.5 Å². The van der Waals surface area contributed by atoms with Gasteiger partial charge < -0.3 is 4.42 Å². The third-order valence-corrected chi connectivity index (χ3v) is 12.0. The van der Waals surface area contributed by atoms with Crippen LogP contribution in [-0.4, -0.2) is 69.9 Å². The smallest absolute Gasteiger partial charge is 0.164 e. The summed E-state index contributed by atoms with van der Waals surface area (Å²) in [5.74, 6) is 1.88. The zero-order chi connectivity index (χ0) is 38.4. The topological polar surface area (TPSA) is 51.8 Å². The molecule has 0 N–H and O–H groups in total. The lowest BCUT2D eigenvalue weighted by molar-refractivity contribution is 0.670. The van der Waals surface area contributed by atoms with Crippen LogP contribution < -0.4 is 38.2 Å². The van der Waals surface area contributed by atoms with Gasteiger partial charge in [-0.25, -0.2) is 15.0 Å². The SMILES string of the molecule is Bc1cc2c(cc1B)c1c(B)c(B)cc(B)c1c1c(B)c(-c3cccc4c3oc3cccc(-c5nc(-c6ccccc6)nc(-c6ccccc6)n5)c34)c(B)cc21. The molecule has 0 spiro atoms. The van der Waals surface area contributed by atoms with Crippen LogP contribution in [0, 0.1) is 0 Å². The maximum Gasteiger partial charge on any atom is 0.164 e. The third kappa shape index (κ3) is 5.21. The van der Waals surface area contributed by atoms with E-state index in [2.05, 4.69) is 110 Å². The highest BCUT2D eigenvalue weighted by molar-refractivity contribution is 6.62. The summed E-state index contributed by atoms with van der Waals surface area (Å²) >= 11 is 0. The molecule has 256 valence electrons. The molecular formula is C45H34B7N3O. The van der Waals surface area contributed by atoms with Crippen molar-refractivity contribution >= 4 is 147 Å². The molecule has 10 aromatic rings. The van der Waals surface area contributed by atoms with Crippen LogP contribution in [-0.2, 0) is 0 Å². The molecule has 0 saturated carbocycles. The number of aromatic nitrogens is 3. The van der Waals surface area contributed by atoms with Crippen LogP contribution in [0.1, 0.15) is 0 Å². The Labute approximate surface area is 332 Å². The van der Waals surface area contributed by atoms with E-state index in [0.717, 1.165) is 44.2 Å². The predicted molar refractivity (Wildman–Crippen MR) is 259 cm³/mol. The molecular weight excluding hydrogens is 674 g/mol. The van der Waals surface area contributed by atoms with Gasteiger partial charge in [0.1, 0.15) is 66.1 Å². The standard InChI is InChI=1S/C45H34B7N3O/c46-29-17-26-27(18-30(29)47)37-39(32(49)20-33(50)40(37)51)38-28(26)19-31(48)36(41(38)52)24-14-7-13-23-35-25(15-8-16-34(35)56-42(23)24)45-54-43(21-9-3-1-4-10-21)53-44(55-45)22-11-5-2-6-12-22/h1-20H,46-52H2. The Balaban J connectivity index is 1.26. The van der Waals surface area contributed by atoms with Crippen LogP contribution >= 0.6 is 0 Å². The lowest BCUT2D eigenvalue weighted by Gasteiger charge is -2.22. The maximum atomic E-state index is 6.93. The number of hydrogen-bond donors (Lipinski definition) is 0. The molecule has 11 heteroatoms. The minimum Gasteiger partial charge on any atom is -0.455 e. The van der Waals surface area contributed by atoms with Gasteiger partial charge in [0, 0.05) is 33.0 Å². The fourth-order valence-electron chi connectivity index (χ4n) is 9.08. The number of nitrogens with zero attached hydrogens (tertiary/aromatic N) is 3. The first-order chi connectivity index (χ1) is 27.2. The second-order valence-electron chi connectivity index (χ2n) is 15.5. The van der Waals surface area contributed by atoms with Crippen LogP contribution in [0.15, 0.2) is 126 Å². The van der Waals surface area contributed by atoms with E-state index >= 15 is 0 Å². The average Bonchev–Trinajstić information content (AvgIpc) is 3.60. The molecule has 56 heavy (non-hydrogen) atoms. The minimum atomic E-state index is 0.611. The second kappa shape index (κ2) is 12.9. The zero-order valence-electron chi connectivity index (χ0n) is 32.8. The number of rotatable bonds is 4. The molecule has 0 saturated heterocycles. The van der Waals surface area contributed by atoms with Gasteiger partial charge in [-0.15, -0.1) is 0 Å². The number of furan rings is 1. The predicted octanol–water partition coefficient (Wildman–Crippen LogP) is -0.293. The van der Waals surface area contributed by atoms with Gasteiger partial charge in [-0.1, -0.05) is 154 Å². The van der Waals surface area contributed by atoms with Crippen molar-refractivity contribution in [2.45, 2.75) is 0 Å². The molecule has 4 nitrogen and oxygen atoms in total. The third-order valence-electron chi connectivity index (χ3n) is 12.0. The van der Waals surface area contributed by atoms with E-state index in [1.54, 1.807) is 0 Å². The lowest BCUT2D eigenvalue weighted by atomic mass is 9.67. The molecule has 0 atom stereocenters. The van der Waals surface area contributed by atoms with Crippen molar-refractivity contribution in [1.29, 1.82) is 0 Å². The summed E-state index contributed by atoms with van der Waals surface area (Å²) in [6.45, 7) is 0. The second-order valence-corrected chi connectivity index (χ2v) is 15.5. The van der Waals surface area contributed by atoms with Crippen molar-refractivity contribution < 1.29 is 4.42 Å². The molecule has 2 aromatic heterocycles. The van der Waals surface area contributed by atoms with Crippen LogP contribution in [0.4, 0.5) is 0 Å². The largest absolute Gasteiger partial charge is 0.455 e. The fourth-order valence-corrected chi connectivity index (χ4v) is 9.08. The Morgan fingerprint density at radius 3 is 1.59 bits per heavy atom. The first kappa shape index (κ1) is 34.3. The van der Waals surface area contributed by atoms with Crippen molar-refractivity contribution in [1.82, 2.24) is 15.0 Å². The van der Waals surface area contributed by atoms with E-state index in [0.29, 0.717) is 17.5 Å². The highest BCUT2D eigenvalue weighted by Gasteiger charge is 2.23. The lowest BCUT2D eigenvalue weighted by Crippen LogP contribution is -2.33. The zero-order valence-corrected chi connectivity index (χ0v) is 32.8. The van der Waals surface area contributed by atoms with Crippen molar-refractivity contribution in [3.05, 3.63) is 121 Å². The van der Waals surface area contributed by atoms with Crippen LogP contribution in [0.25, 0.3) is 99.5 Å². The van der Waals surface area contributed by atoms with Gasteiger partial charge in [-0.2, -0.15) is 0 Å².